The van der Waals surface area contributed by atoms with Gasteiger partial charge in [-0.1, -0.05) is 38.9 Å². The second kappa shape index (κ2) is 5.60. The number of ether oxygens (including phenoxy) is 1. The van der Waals surface area contributed by atoms with Gasteiger partial charge >= 0.3 is 0 Å². The lowest BCUT2D eigenvalue weighted by Gasteiger charge is -2.08. The average Bonchev–Trinajstić information content (AvgIpc) is 2.80. The Hall–Kier alpha value is -1.30. The molecule has 0 bridgehead atoms. The maximum Gasteiger partial charge on any atom is 0.188 e. The molecule has 3 rings (SSSR count). The molecular formula is C14H10BrClN2OS. The largest absolute Gasteiger partial charge is 0.495 e. The van der Waals surface area contributed by atoms with Crippen LogP contribution in [0.3, 0.4) is 0 Å². The number of anilines is 2. The fraction of sp³-hybridized carbons (Fsp3) is 0.0714. The van der Waals surface area contributed by atoms with E-state index in [1.54, 1.807) is 24.5 Å². The molecule has 0 aliphatic carbocycles. The van der Waals surface area contributed by atoms with E-state index in [1.807, 2.05) is 30.3 Å². The number of fused-ring (bicyclic) bond motifs is 1. The van der Waals surface area contributed by atoms with Crippen molar-refractivity contribution in [3.05, 3.63) is 45.9 Å². The number of aromatic nitrogens is 1. The third kappa shape index (κ3) is 2.75. The molecule has 0 saturated carbocycles. The molecular weight excluding hydrogens is 360 g/mol. The highest BCUT2D eigenvalue weighted by atomic mass is 79.9. The first kappa shape index (κ1) is 13.7. The third-order valence-corrected chi connectivity index (χ3v) is 4.43. The maximum atomic E-state index is 6.02. The van der Waals surface area contributed by atoms with E-state index in [0.29, 0.717) is 5.02 Å². The summed E-state index contributed by atoms with van der Waals surface area (Å²) in [6.45, 7) is 0. The van der Waals surface area contributed by atoms with Crippen LogP contribution < -0.4 is 10.1 Å². The summed E-state index contributed by atoms with van der Waals surface area (Å²) in [6, 6.07) is 11.5. The Morgan fingerprint density at radius 1 is 1.25 bits per heavy atom. The van der Waals surface area contributed by atoms with Crippen molar-refractivity contribution in [3.8, 4) is 5.75 Å². The lowest BCUT2D eigenvalue weighted by Crippen LogP contribution is -1.93. The Kier molecular flexibility index (Phi) is 3.83. The lowest BCUT2D eigenvalue weighted by molar-refractivity contribution is 0.417. The number of halogens is 2. The van der Waals surface area contributed by atoms with Crippen LogP contribution in [-0.4, -0.2) is 12.1 Å². The van der Waals surface area contributed by atoms with Crippen molar-refractivity contribution in [1.29, 1.82) is 0 Å². The average molecular weight is 370 g/mol. The summed E-state index contributed by atoms with van der Waals surface area (Å²) in [5.41, 5.74) is 1.76. The Bertz CT molecular complexity index is 775. The van der Waals surface area contributed by atoms with Crippen LogP contribution in [0, 0.1) is 0 Å². The van der Waals surface area contributed by atoms with Crippen LogP contribution >= 0.6 is 38.9 Å². The maximum absolute atomic E-state index is 6.02. The summed E-state index contributed by atoms with van der Waals surface area (Å²) in [5, 5.41) is 4.71. The van der Waals surface area contributed by atoms with Crippen LogP contribution in [0.5, 0.6) is 5.75 Å². The minimum absolute atomic E-state index is 0.650. The molecule has 0 atom stereocenters. The number of nitrogens with one attached hydrogen (secondary N) is 1. The lowest BCUT2D eigenvalue weighted by atomic mass is 10.3. The molecule has 1 aromatic heterocycles. The predicted octanol–water partition coefficient (Wildman–Crippen LogP) is 5.46. The summed E-state index contributed by atoms with van der Waals surface area (Å²) >= 11 is 11.1. The molecule has 0 unspecified atom stereocenters. The van der Waals surface area contributed by atoms with Crippen molar-refractivity contribution in [2.75, 3.05) is 12.4 Å². The molecule has 0 aliphatic heterocycles. The number of thiazole rings is 1. The van der Waals surface area contributed by atoms with Gasteiger partial charge in [0.2, 0.25) is 0 Å². The number of methoxy groups -OCH3 is 1. The van der Waals surface area contributed by atoms with Gasteiger partial charge < -0.3 is 10.1 Å². The zero-order valence-electron chi connectivity index (χ0n) is 10.5. The van der Waals surface area contributed by atoms with Gasteiger partial charge in [-0.3, -0.25) is 0 Å². The van der Waals surface area contributed by atoms with Crippen molar-refractivity contribution < 1.29 is 4.74 Å². The first-order valence-electron chi connectivity index (χ1n) is 5.82. The van der Waals surface area contributed by atoms with Crippen molar-refractivity contribution in [2.24, 2.45) is 0 Å². The predicted molar refractivity (Wildman–Crippen MR) is 88.6 cm³/mol. The molecule has 1 heterocycles. The Balaban J connectivity index is 1.98. The normalized spacial score (nSPS) is 10.8. The summed E-state index contributed by atoms with van der Waals surface area (Å²) < 4.78 is 7.45. The number of nitrogens with zero attached hydrogens (tertiary/aromatic N) is 1. The molecule has 2 aromatic carbocycles. The van der Waals surface area contributed by atoms with Crippen molar-refractivity contribution in [3.63, 3.8) is 0 Å². The van der Waals surface area contributed by atoms with E-state index in [-0.39, 0.29) is 0 Å². The second-order valence-corrected chi connectivity index (χ2v) is 6.48. The fourth-order valence-corrected chi connectivity index (χ4v) is 3.23. The first-order valence-corrected chi connectivity index (χ1v) is 7.81. The number of hydrogen-bond acceptors (Lipinski definition) is 4. The summed E-state index contributed by atoms with van der Waals surface area (Å²) in [5.74, 6) is 0.731. The Morgan fingerprint density at radius 3 is 2.90 bits per heavy atom. The highest BCUT2D eigenvalue weighted by molar-refractivity contribution is 9.10. The zero-order chi connectivity index (χ0) is 14.1. The van der Waals surface area contributed by atoms with E-state index in [9.17, 15) is 0 Å². The van der Waals surface area contributed by atoms with E-state index >= 15 is 0 Å². The van der Waals surface area contributed by atoms with Crippen LogP contribution in [0.25, 0.3) is 10.2 Å². The van der Waals surface area contributed by atoms with Crippen LogP contribution in [0.2, 0.25) is 5.02 Å². The minimum atomic E-state index is 0.650. The molecule has 6 heteroatoms. The molecule has 0 radical (unpaired) electrons. The fourth-order valence-electron chi connectivity index (χ4n) is 1.85. The molecule has 3 nitrogen and oxygen atoms in total. The van der Waals surface area contributed by atoms with Gasteiger partial charge in [-0.05, 0) is 36.4 Å². The smallest absolute Gasteiger partial charge is 0.188 e. The van der Waals surface area contributed by atoms with Crippen LogP contribution in [0.1, 0.15) is 0 Å². The number of benzene rings is 2. The van der Waals surface area contributed by atoms with E-state index in [1.165, 1.54) is 0 Å². The van der Waals surface area contributed by atoms with Gasteiger partial charge in [-0.15, -0.1) is 0 Å². The summed E-state index contributed by atoms with van der Waals surface area (Å²) in [7, 11) is 1.63. The van der Waals surface area contributed by atoms with Gasteiger partial charge in [-0.2, -0.15) is 0 Å². The van der Waals surface area contributed by atoms with Crippen LogP contribution in [0.15, 0.2) is 40.9 Å². The van der Waals surface area contributed by atoms with Gasteiger partial charge in [0, 0.05) is 9.50 Å². The van der Waals surface area contributed by atoms with Crippen LogP contribution in [-0.2, 0) is 0 Å². The molecule has 0 aliphatic rings. The minimum Gasteiger partial charge on any atom is -0.495 e. The van der Waals surface area contributed by atoms with Gasteiger partial charge in [0.05, 0.1) is 23.0 Å². The Labute approximate surface area is 133 Å². The number of rotatable bonds is 3. The third-order valence-electron chi connectivity index (χ3n) is 2.75. The second-order valence-electron chi connectivity index (χ2n) is 4.10. The molecule has 0 amide bonds. The monoisotopic (exact) mass is 368 g/mol. The SMILES string of the molecule is COc1ccc(Cl)cc1Nc1nc2cc(Br)ccc2s1. The summed E-state index contributed by atoms with van der Waals surface area (Å²) in [6.07, 6.45) is 0. The van der Waals surface area contributed by atoms with E-state index in [0.717, 1.165) is 31.3 Å². The van der Waals surface area contributed by atoms with E-state index in [4.69, 9.17) is 16.3 Å². The van der Waals surface area contributed by atoms with Crippen LogP contribution in [0.4, 0.5) is 10.8 Å². The highest BCUT2D eigenvalue weighted by Crippen LogP contribution is 2.34. The van der Waals surface area contributed by atoms with Gasteiger partial charge in [0.1, 0.15) is 5.75 Å². The quantitative estimate of drug-likeness (QED) is 0.665. The van der Waals surface area contributed by atoms with Crippen molar-refractivity contribution >= 4 is 59.9 Å². The van der Waals surface area contributed by atoms with Crippen molar-refractivity contribution in [2.45, 2.75) is 0 Å². The molecule has 0 fully saturated rings. The standard InChI is InChI=1S/C14H10BrClN2OS/c1-19-12-4-3-9(16)7-10(12)17-14-18-11-6-8(15)2-5-13(11)20-14/h2-7H,1H3,(H,17,18). The molecule has 0 saturated heterocycles. The molecule has 20 heavy (non-hydrogen) atoms. The molecule has 3 aromatic rings. The molecule has 102 valence electrons. The van der Waals surface area contributed by atoms with Gasteiger partial charge in [-0.25, -0.2) is 4.98 Å². The van der Waals surface area contributed by atoms with Gasteiger partial charge in [0.15, 0.2) is 5.13 Å². The number of hydrogen-bond donors (Lipinski definition) is 1. The van der Waals surface area contributed by atoms with E-state index in [2.05, 4.69) is 26.2 Å². The highest BCUT2D eigenvalue weighted by Gasteiger charge is 2.08. The van der Waals surface area contributed by atoms with E-state index < -0.39 is 0 Å². The summed E-state index contributed by atoms with van der Waals surface area (Å²) in [4.78, 5) is 4.55. The topological polar surface area (TPSA) is 34.1 Å². The Morgan fingerprint density at radius 2 is 2.10 bits per heavy atom. The zero-order valence-corrected chi connectivity index (χ0v) is 13.6. The van der Waals surface area contributed by atoms with Gasteiger partial charge in [0.25, 0.3) is 0 Å². The van der Waals surface area contributed by atoms with Crippen molar-refractivity contribution in [1.82, 2.24) is 4.98 Å². The first-order chi connectivity index (χ1) is 9.65. The molecule has 0 spiro atoms. The molecule has 1 N–H and O–H groups in total.